The fraction of sp³-hybridized carbons (Fsp3) is 0.295. The Bertz CT molecular complexity index is 1940. The van der Waals surface area contributed by atoms with Crippen LogP contribution in [-0.2, 0) is 10.8 Å². The molecule has 0 radical (unpaired) electrons. The highest BCUT2D eigenvalue weighted by atomic mass is 19.5. The van der Waals surface area contributed by atoms with Gasteiger partial charge >= 0.3 is 7.25 Å². The number of anilines is 1. The van der Waals surface area contributed by atoms with E-state index in [1.807, 2.05) is 0 Å². The molecule has 266 valence electrons. The predicted molar refractivity (Wildman–Crippen MR) is 207 cm³/mol. The molecule has 1 heterocycles. The van der Waals surface area contributed by atoms with Gasteiger partial charge in [-0.1, -0.05) is 156 Å². The van der Waals surface area contributed by atoms with Gasteiger partial charge in [0.15, 0.2) is 12.1 Å². The van der Waals surface area contributed by atoms with Crippen molar-refractivity contribution in [1.29, 1.82) is 0 Å². The highest BCUT2D eigenvalue weighted by Crippen LogP contribution is 2.48. The van der Waals surface area contributed by atoms with Gasteiger partial charge < -0.3 is 17.3 Å². The molecule has 2 nitrogen and oxygen atoms in total. The summed E-state index contributed by atoms with van der Waals surface area (Å²) in [5.74, 6) is 0. The lowest BCUT2D eigenvalue weighted by molar-refractivity contribution is -0.482. The van der Waals surface area contributed by atoms with Gasteiger partial charge in [0.05, 0.1) is 0 Å². The SMILES string of the molecule is Cc1cc(C)c([N+]2=CN(c3ccccc3-c3cc(C(C)(C)C)cc(C(C)(C)C)c3)[C@@H](c3ccccc3)[C@@H]2c2ccccc2)c(C)c1.F[B-](F)(F)F. The van der Waals surface area contributed by atoms with Crippen molar-refractivity contribution in [3.8, 4) is 11.1 Å². The van der Waals surface area contributed by atoms with Crippen molar-refractivity contribution in [1.82, 2.24) is 0 Å². The molecule has 7 heteroatoms. The molecule has 1 aliphatic heterocycles. The van der Waals surface area contributed by atoms with Crippen LogP contribution in [0.25, 0.3) is 11.1 Å². The Morgan fingerprint density at radius 1 is 0.588 bits per heavy atom. The van der Waals surface area contributed by atoms with Crippen LogP contribution in [-0.4, -0.2) is 18.2 Å². The topological polar surface area (TPSA) is 6.25 Å². The lowest BCUT2D eigenvalue weighted by Gasteiger charge is -2.28. The predicted octanol–water partition coefficient (Wildman–Crippen LogP) is 12.8. The van der Waals surface area contributed by atoms with E-state index in [0.29, 0.717) is 0 Å². The van der Waals surface area contributed by atoms with Crippen LogP contribution in [0.2, 0.25) is 0 Å². The van der Waals surface area contributed by atoms with E-state index in [-0.39, 0.29) is 22.9 Å². The van der Waals surface area contributed by atoms with Crippen molar-refractivity contribution in [2.75, 3.05) is 4.90 Å². The Morgan fingerprint density at radius 2 is 1.04 bits per heavy atom. The van der Waals surface area contributed by atoms with Gasteiger partial charge in [-0.3, -0.25) is 0 Å². The normalized spacial score (nSPS) is 16.4. The Balaban J connectivity index is 0.000000943. The molecule has 5 aromatic rings. The summed E-state index contributed by atoms with van der Waals surface area (Å²) in [5, 5.41) is 0. The Morgan fingerprint density at radius 3 is 1.53 bits per heavy atom. The van der Waals surface area contributed by atoms with Crippen molar-refractivity contribution in [2.45, 2.75) is 85.2 Å². The maximum Gasteiger partial charge on any atom is 0.673 e. The van der Waals surface area contributed by atoms with Crippen molar-refractivity contribution < 1.29 is 21.8 Å². The summed E-state index contributed by atoms with van der Waals surface area (Å²) in [5.41, 5.74) is 14.3. The first-order valence-electron chi connectivity index (χ1n) is 17.5. The maximum absolute atomic E-state index is 9.75. The third-order valence-electron chi connectivity index (χ3n) is 9.48. The number of aryl methyl sites for hydroxylation is 3. The molecule has 0 saturated carbocycles. The van der Waals surface area contributed by atoms with Crippen LogP contribution in [0.5, 0.6) is 0 Å². The summed E-state index contributed by atoms with van der Waals surface area (Å²) < 4.78 is 41.5. The Hall–Kier alpha value is -4.65. The van der Waals surface area contributed by atoms with Crippen LogP contribution in [0.15, 0.2) is 115 Å². The third-order valence-corrected chi connectivity index (χ3v) is 9.48. The molecule has 0 aliphatic carbocycles. The van der Waals surface area contributed by atoms with Gasteiger partial charge in [0, 0.05) is 16.7 Å². The first kappa shape index (κ1) is 37.6. The van der Waals surface area contributed by atoms with Gasteiger partial charge in [-0.25, -0.2) is 9.48 Å². The van der Waals surface area contributed by atoms with E-state index in [0.717, 1.165) is 0 Å². The minimum atomic E-state index is -6.00. The number of benzene rings is 5. The van der Waals surface area contributed by atoms with E-state index in [1.54, 1.807) is 0 Å². The zero-order valence-corrected chi connectivity index (χ0v) is 31.2. The molecule has 6 rings (SSSR count). The number of halogens is 4. The van der Waals surface area contributed by atoms with Crippen LogP contribution in [0.4, 0.5) is 28.6 Å². The van der Waals surface area contributed by atoms with Gasteiger partial charge in [-0.2, -0.15) is 0 Å². The minimum absolute atomic E-state index is 0.0347. The fourth-order valence-electron chi connectivity index (χ4n) is 7.15. The fourth-order valence-corrected chi connectivity index (χ4v) is 7.15. The summed E-state index contributed by atoms with van der Waals surface area (Å²) in [6.07, 6.45) is 2.39. The minimum Gasteiger partial charge on any atom is -0.418 e. The number of hydrogen-bond acceptors (Lipinski definition) is 1. The molecule has 0 saturated heterocycles. The second kappa shape index (κ2) is 14.5. The zero-order valence-electron chi connectivity index (χ0n) is 31.2. The quantitative estimate of drug-likeness (QED) is 0.101. The molecule has 5 aromatic carbocycles. The van der Waals surface area contributed by atoms with E-state index in [9.17, 15) is 17.3 Å². The Labute approximate surface area is 301 Å². The molecule has 0 spiro atoms. The second-order valence-electron chi connectivity index (χ2n) is 15.7. The van der Waals surface area contributed by atoms with E-state index < -0.39 is 7.25 Å². The molecule has 0 bridgehead atoms. The third kappa shape index (κ3) is 8.81. The smallest absolute Gasteiger partial charge is 0.418 e. The first-order chi connectivity index (χ1) is 23.8. The monoisotopic (exact) mass is 692 g/mol. The van der Waals surface area contributed by atoms with Gasteiger partial charge in [-0.05, 0) is 65.5 Å². The van der Waals surface area contributed by atoms with Gasteiger partial charge in [0.25, 0.3) is 0 Å². The molecule has 1 aliphatic rings. The second-order valence-corrected chi connectivity index (χ2v) is 15.7. The first-order valence-corrected chi connectivity index (χ1v) is 17.5. The van der Waals surface area contributed by atoms with Gasteiger partial charge in [0.2, 0.25) is 6.34 Å². The number of para-hydroxylation sites is 1. The average molecular weight is 693 g/mol. The van der Waals surface area contributed by atoms with E-state index >= 15 is 0 Å². The summed E-state index contributed by atoms with van der Waals surface area (Å²) >= 11 is 0. The molecule has 0 aromatic heterocycles. The van der Waals surface area contributed by atoms with Crippen LogP contribution in [0, 0.1) is 20.8 Å². The van der Waals surface area contributed by atoms with Crippen molar-refractivity contribution >= 4 is 25.0 Å². The summed E-state index contributed by atoms with van der Waals surface area (Å²) in [7, 11) is -6.00. The number of hydrogen-bond donors (Lipinski definition) is 0. The van der Waals surface area contributed by atoms with Crippen LogP contribution < -0.4 is 4.90 Å². The summed E-state index contributed by atoms with van der Waals surface area (Å²) in [6.45, 7) is 20.6. The van der Waals surface area contributed by atoms with E-state index in [4.69, 9.17) is 0 Å². The molecule has 51 heavy (non-hydrogen) atoms. The molecule has 2 atom stereocenters. The number of rotatable bonds is 5. The highest BCUT2D eigenvalue weighted by Gasteiger charge is 2.47. The van der Waals surface area contributed by atoms with Crippen molar-refractivity contribution in [3.05, 3.63) is 154 Å². The Kier molecular flexibility index (Phi) is 10.7. The molecular formula is C44H49BF4N2. The van der Waals surface area contributed by atoms with Crippen molar-refractivity contribution in [3.63, 3.8) is 0 Å². The van der Waals surface area contributed by atoms with Crippen LogP contribution >= 0.6 is 0 Å². The molecule has 0 amide bonds. The van der Waals surface area contributed by atoms with E-state index in [1.165, 1.54) is 61.4 Å². The molecular weight excluding hydrogens is 643 g/mol. The van der Waals surface area contributed by atoms with E-state index in [2.05, 4.69) is 193 Å². The molecule has 0 fully saturated rings. The number of nitrogens with zero attached hydrogens (tertiary/aromatic N) is 2. The molecule has 0 unspecified atom stereocenters. The standard InChI is InChI=1S/C44H49N2.BF4/c1-30-24-31(2)40(32(3)25-30)46-29-45(41(33-18-12-10-13-19-33)42(46)34-20-14-11-15-21-34)39-23-17-16-22-38(39)35-26-36(43(4,5)6)28-37(27-35)44(7,8)9;2-1(3,4)5/h10-29,41-42H,1-9H3;/q+1;-1/t41-,42-;/m0./s1. The summed E-state index contributed by atoms with van der Waals surface area (Å²) in [4.78, 5) is 2.54. The van der Waals surface area contributed by atoms with Crippen LogP contribution in [0.1, 0.15) is 92.6 Å². The highest BCUT2D eigenvalue weighted by molar-refractivity contribution is 6.50. The van der Waals surface area contributed by atoms with Gasteiger partial charge in [0.1, 0.15) is 11.4 Å². The summed E-state index contributed by atoms with van der Waals surface area (Å²) in [6, 6.07) is 43.1. The van der Waals surface area contributed by atoms with Crippen LogP contribution in [0.3, 0.4) is 0 Å². The lowest BCUT2D eigenvalue weighted by atomic mass is 9.78. The maximum atomic E-state index is 9.75. The van der Waals surface area contributed by atoms with Crippen molar-refractivity contribution in [2.24, 2.45) is 0 Å². The molecule has 0 N–H and O–H groups in total. The largest absolute Gasteiger partial charge is 0.673 e. The van der Waals surface area contributed by atoms with Gasteiger partial charge in [-0.15, -0.1) is 0 Å². The zero-order chi connectivity index (χ0) is 37.3. The lowest BCUT2D eigenvalue weighted by Crippen LogP contribution is -2.26. The average Bonchev–Trinajstić information content (AvgIpc) is 3.43.